The maximum Gasteiger partial charge on any atom is 0.330 e. The molecule has 3 heterocycles. The number of aromatic nitrogens is 1. The van der Waals surface area contributed by atoms with E-state index in [1.807, 2.05) is 35.4 Å². The fourth-order valence-electron chi connectivity index (χ4n) is 5.16. The van der Waals surface area contributed by atoms with Crippen LogP contribution in [-0.2, 0) is 11.3 Å². The van der Waals surface area contributed by atoms with Crippen molar-refractivity contribution in [3.8, 4) is 0 Å². The third-order valence-electron chi connectivity index (χ3n) is 7.09. The largest absolute Gasteiger partial charge is 0.481 e. The van der Waals surface area contributed by atoms with Gasteiger partial charge in [-0.15, -0.1) is 0 Å². The lowest BCUT2D eigenvalue weighted by molar-refractivity contribution is -0.147. The Hall–Kier alpha value is -2.93. The van der Waals surface area contributed by atoms with Crippen LogP contribution in [0.4, 0.5) is 16.3 Å². The highest BCUT2D eigenvalue weighted by atomic mass is 16.4. The summed E-state index contributed by atoms with van der Waals surface area (Å²) < 4.78 is 0. The van der Waals surface area contributed by atoms with Crippen LogP contribution in [-0.4, -0.2) is 53.2 Å². The van der Waals surface area contributed by atoms with Crippen LogP contribution in [0, 0.1) is 5.92 Å². The van der Waals surface area contributed by atoms with Gasteiger partial charge in [-0.05, 0) is 54.2 Å². The summed E-state index contributed by atoms with van der Waals surface area (Å²) in [5.74, 6) is 0.382. The van der Waals surface area contributed by atoms with Gasteiger partial charge in [-0.1, -0.05) is 31.4 Å². The Morgan fingerprint density at radius 2 is 1.72 bits per heavy atom. The van der Waals surface area contributed by atoms with Gasteiger partial charge in [-0.25, -0.2) is 9.78 Å². The second-order valence-corrected chi connectivity index (χ2v) is 9.26. The van der Waals surface area contributed by atoms with Gasteiger partial charge in [0.2, 0.25) is 0 Å². The molecule has 7 heteroatoms. The molecule has 1 aromatic heterocycles. The van der Waals surface area contributed by atoms with Crippen molar-refractivity contribution in [1.82, 2.24) is 9.88 Å². The lowest BCUT2D eigenvalue weighted by Gasteiger charge is -2.36. The summed E-state index contributed by atoms with van der Waals surface area (Å²) in [6.45, 7) is 3.21. The zero-order valence-corrected chi connectivity index (χ0v) is 18.3. The maximum atomic E-state index is 13.2. The predicted octanol–water partition coefficient (Wildman–Crippen LogP) is 4.09. The number of hydrogen-bond acceptors (Lipinski definition) is 4. The van der Waals surface area contributed by atoms with Crippen molar-refractivity contribution in [1.29, 1.82) is 0 Å². The second-order valence-electron chi connectivity index (χ2n) is 9.26. The number of carboxylic acids is 1. The van der Waals surface area contributed by atoms with Crippen LogP contribution in [0.1, 0.15) is 49.1 Å². The van der Waals surface area contributed by atoms with Gasteiger partial charge in [0, 0.05) is 44.6 Å². The van der Waals surface area contributed by atoms with E-state index in [4.69, 9.17) is 5.11 Å². The summed E-state index contributed by atoms with van der Waals surface area (Å²) >= 11 is 0. The van der Waals surface area contributed by atoms with Gasteiger partial charge in [0.1, 0.15) is 5.82 Å². The summed E-state index contributed by atoms with van der Waals surface area (Å²) in [6.07, 6.45) is 8.19. The van der Waals surface area contributed by atoms with Gasteiger partial charge in [-0.3, -0.25) is 19.5 Å². The number of urea groups is 1. The molecule has 0 unspecified atom stereocenters. The van der Waals surface area contributed by atoms with E-state index in [1.54, 1.807) is 4.90 Å². The predicted molar refractivity (Wildman–Crippen MR) is 123 cm³/mol. The number of rotatable bonds is 6. The molecule has 2 aromatic rings. The van der Waals surface area contributed by atoms with Gasteiger partial charge in [0.25, 0.3) is 0 Å². The molecule has 7 nitrogen and oxygen atoms in total. The number of carbonyl (C=O) groups excluding carboxylic acids is 1. The minimum Gasteiger partial charge on any atom is -0.481 e. The highest BCUT2D eigenvalue weighted by Crippen LogP contribution is 2.34. The zero-order chi connectivity index (χ0) is 22.1. The lowest BCUT2D eigenvalue weighted by Crippen LogP contribution is -2.49. The number of carbonyl (C=O) groups is 2. The standard InChI is InChI=1S/C25H30N4O3/c30-24(31)21-16-27(17-21)15-18-6-8-22(9-7-18)28-12-13-29(25(28)32)23-14-20(10-11-26-23)19-4-2-1-3-5-19/h6-11,14,19,21H,1-5,12-13,15-17H2,(H,30,31). The van der Waals surface area contributed by atoms with Crippen LogP contribution >= 0.6 is 0 Å². The summed E-state index contributed by atoms with van der Waals surface area (Å²) in [5, 5.41) is 9.01. The van der Waals surface area contributed by atoms with Crippen LogP contribution in [0.3, 0.4) is 0 Å². The van der Waals surface area contributed by atoms with Crippen molar-refractivity contribution in [2.75, 3.05) is 36.0 Å². The molecule has 2 saturated heterocycles. The molecule has 1 saturated carbocycles. The molecule has 0 bridgehead atoms. The van der Waals surface area contributed by atoms with Crippen molar-refractivity contribution in [2.24, 2.45) is 5.92 Å². The highest BCUT2D eigenvalue weighted by molar-refractivity contribution is 6.05. The quantitative estimate of drug-likeness (QED) is 0.741. The Labute approximate surface area is 188 Å². The number of benzene rings is 1. The molecule has 1 aromatic carbocycles. The Morgan fingerprint density at radius 3 is 2.44 bits per heavy atom. The molecule has 0 spiro atoms. The molecule has 168 valence electrons. The first-order valence-electron chi connectivity index (χ1n) is 11.7. The zero-order valence-electron chi connectivity index (χ0n) is 18.3. The number of hydrogen-bond donors (Lipinski definition) is 1. The molecular formula is C25H30N4O3. The van der Waals surface area contributed by atoms with E-state index in [2.05, 4.69) is 22.0 Å². The SMILES string of the molecule is O=C(O)C1CN(Cc2ccc(N3CCN(c4cc(C5CCCCC5)ccn4)C3=O)cc2)C1. The van der Waals surface area contributed by atoms with Gasteiger partial charge in [0.15, 0.2) is 0 Å². The molecule has 2 amide bonds. The Bertz CT molecular complexity index is 981. The van der Waals surface area contributed by atoms with E-state index in [-0.39, 0.29) is 11.9 Å². The van der Waals surface area contributed by atoms with E-state index in [0.29, 0.717) is 32.1 Å². The van der Waals surface area contributed by atoms with E-state index < -0.39 is 5.97 Å². The molecular weight excluding hydrogens is 404 g/mol. The molecule has 3 aliphatic rings. The molecule has 3 fully saturated rings. The number of likely N-dealkylation sites (tertiary alicyclic amines) is 1. The van der Waals surface area contributed by atoms with Crippen LogP contribution in [0.2, 0.25) is 0 Å². The monoisotopic (exact) mass is 434 g/mol. The summed E-state index contributed by atoms with van der Waals surface area (Å²) in [6, 6.07) is 12.2. The number of anilines is 2. The van der Waals surface area contributed by atoms with Gasteiger partial charge < -0.3 is 5.11 Å². The Kier molecular flexibility index (Phi) is 5.83. The van der Waals surface area contributed by atoms with Crippen molar-refractivity contribution in [3.63, 3.8) is 0 Å². The molecule has 2 aliphatic heterocycles. The molecule has 5 rings (SSSR count). The summed E-state index contributed by atoms with van der Waals surface area (Å²) in [4.78, 5) is 34.3. The number of amides is 2. The average Bonchev–Trinajstić information content (AvgIpc) is 3.18. The summed E-state index contributed by atoms with van der Waals surface area (Å²) in [5.41, 5.74) is 3.32. The van der Waals surface area contributed by atoms with E-state index in [1.165, 1.54) is 37.7 Å². The van der Waals surface area contributed by atoms with Crippen molar-refractivity contribution in [2.45, 2.75) is 44.6 Å². The van der Waals surface area contributed by atoms with Crippen LogP contribution < -0.4 is 9.80 Å². The third kappa shape index (κ3) is 4.21. The molecule has 0 radical (unpaired) electrons. The van der Waals surface area contributed by atoms with E-state index in [0.717, 1.165) is 23.6 Å². The number of nitrogens with zero attached hydrogens (tertiary/aromatic N) is 4. The Balaban J connectivity index is 1.22. The number of pyridine rings is 1. The first-order chi connectivity index (χ1) is 15.6. The van der Waals surface area contributed by atoms with Crippen LogP contribution in [0.5, 0.6) is 0 Å². The fourth-order valence-corrected chi connectivity index (χ4v) is 5.16. The minimum atomic E-state index is -0.715. The Morgan fingerprint density at radius 1 is 1.00 bits per heavy atom. The van der Waals surface area contributed by atoms with Crippen LogP contribution in [0.25, 0.3) is 0 Å². The number of carboxylic acid groups (broad SMARTS) is 1. The maximum absolute atomic E-state index is 13.2. The van der Waals surface area contributed by atoms with Crippen molar-refractivity contribution in [3.05, 3.63) is 53.7 Å². The third-order valence-corrected chi connectivity index (χ3v) is 7.09. The number of aliphatic carboxylic acids is 1. The topological polar surface area (TPSA) is 77.0 Å². The lowest BCUT2D eigenvalue weighted by atomic mass is 9.84. The molecule has 32 heavy (non-hydrogen) atoms. The second kappa shape index (κ2) is 8.90. The average molecular weight is 435 g/mol. The first-order valence-corrected chi connectivity index (χ1v) is 11.7. The highest BCUT2D eigenvalue weighted by Gasteiger charge is 2.33. The molecule has 1 aliphatic carbocycles. The van der Waals surface area contributed by atoms with Gasteiger partial charge in [-0.2, -0.15) is 0 Å². The molecule has 1 N–H and O–H groups in total. The first kappa shape index (κ1) is 20.9. The van der Waals surface area contributed by atoms with E-state index in [9.17, 15) is 9.59 Å². The fraction of sp³-hybridized carbons (Fsp3) is 0.480. The molecule has 0 atom stereocenters. The smallest absolute Gasteiger partial charge is 0.330 e. The van der Waals surface area contributed by atoms with Crippen LogP contribution in [0.15, 0.2) is 42.6 Å². The summed E-state index contributed by atoms with van der Waals surface area (Å²) in [7, 11) is 0. The normalized spacial score (nSPS) is 20.6. The van der Waals surface area contributed by atoms with Gasteiger partial charge >= 0.3 is 12.0 Å². The van der Waals surface area contributed by atoms with Gasteiger partial charge in [0.05, 0.1) is 5.92 Å². The van der Waals surface area contributed by atoms with Crippen molar-refractivity contribution >= 4 is 23.5 Å². The van der Waals surface area contributed by atoms with E-state index >= 15 is 0 Å². The van der Waals surface area contributed by atoms with Crippen molar-refractivity contribution < 1.29 is 14.7 Å². The minimum absolute atomic E-state index is 0.0295.